The van der Waals surface area contributed by atoms with E-state index in [1.807, 2.05) is 41.9 Å². The molecule has 1 aromatic carbocycles. The minimum absolute atomic E-state index is 0.116. The van der Waals surface area contributed by atoms with E-state index in [0.717, 1.165) is 34.8 Å². The summed E-state index contributed by atoms with van der Waals surface area (Å²) in [5.74, 6) is 1.02. The Labute approximate surface area is 154 Å². The van der Waals surface area contributed by atoms with Crippen molar-refractivity contribution < 1.29 is 9.21 Å². The van der Waals surface area contributed by atoms with Gasteiger partial charge in [0, 0.05) is 0 Å². The molecule has 0 saturated carbocycles. The summed E-state index contributed by atoms with van der Waals surface area (Å²) in [6, 6.07) is 11.7. The number of carbonyl (C=O) groups is 1. The molecular formula is C21H25N3O2. The van der Waals surface area contributed by atoms with Crippen LogP contribution in [0.1, 0.15) is 46.9 Å². The maximum Gasteiger partial charge on any atom is 0.255 e. The van der Waals surface area contributed by atoms with Crippen LogP contribution in [0, 0.1) is 19.8 Å². The van der Waals surface area contributed by atoms with Crippen molar-refractivity contribution in [3.63, 3.8) is 0 Å². The van der Waals surface area contributed by atoms with Crippen molar-refractivity contribution in [3.8, 4) is 5.69 Å². The molecule has 5 heteroatoms. The van der Waals surface area contributed by atoms with Crippen molar-refractivity contribution in [2.75, 3.05) is 0 Å². The summed E-state index contributed by atoms with van der Waals surface area (Å²) in [6.07, 6.45) is 2.36. The average Bonchev–Trinajstić information content (AvgIpc) is 3.21. The number of aromatic nitrogens is 2. The van der Waals surface area contributed by atoms with E-state index in [1.54, 1.807) is 6.26 Å². The van der Waals surface area contributed by atoms with Crippen LogP contribution in [-0.4, -0.2) is 15.7 Å². The molecule has 2 aromatic heterocycles. The van der Waals surface area contributed by atoms with Gasteiger partial charge in [-0.25, -0.2) is 4.68 Å². The zero-order valence-corrected chi connectivity index (χ0v) is 15.7. The lowest BCUT2D eigenvalue weighted by molar-refractivity contribution is 0.0946. The van der Waals surface area contributed by atoms with Gasteiger partial charge in [0.25, 0.3) is 5.91 Å². The monoisotopic (exact) mass is 351 g/mol. The first kappa shape index (κ1) is 18.0. The van der Waals surface area contributed by atoms with Crippen LogP contribution in [0.5, 0.6) is 0 Å². The highest BCUT2D eigenvalue weighted by molar-refractivity contribution is 5.96. The molecule has 0 fully saturated rings. The van der Waals surface area contributed by atoms with E-state index >= 15 is 0 Å². The van der Waals surface area contributed by atoms with Gasteiger partial charge in [-0.15, -0.1) is 0 Å². The molecule has 0 spiro atoms. The van der Waals surface area contributed by atoms with Gasteiger partial charge in [0.15, 0.2) is 0 Å². The van der Waals surface area contributed by atoms with E-state index < -0.39 is 0 Å². The number of aryl methyl sites for hydroxylation is 1. The fourth-order valence-corrected chi connectivity index (χ4v) is 3.09. The summed E-state index contributed by atoms with van der Waals surface area (Å²) in [7, 11) is 0. The lowest BCUT2D eigenvalue weighted by Gasteiger charge is -2.08. The second kappa shape index (κ2) is 7.60. The number of carbonyl (C=O) groups excluding carboxylic acids is 1. The molecule has 1 amide bonds. The number of furan rings is 1. The van der Waals surface area contributed by atoms with Crippen LogP contribution in [0.25, 0.3) is 5.69 Å². The fourth-order valence-electron chi connectivity index (χ4n) is 3.09. The Hall–Kier alpha value is -2.82. The van der Waals surface area contributed by atoms with Crippen LogP contribution in [-0.2, 0) is 13.0 Å². The molecule has 0 atom stereocenters. The molecule has 2 heterocycles. The Bertz CT molecular complexity index is 892. The Balaban J connectivity index is 1.96. The average molecular weight is 351 g/mol. The number of rotatable bonds is 6. The maximum absolute atomic E-state index is 12.9. The fraction of sp³-hybridized carbons (Fsp3) is 0.333. The third kappa shape index (κ3) is 3.72. The third-order valence-corrected chi connectivity index (χ3v) is 4.36. The van der Waals surface area contributed by atoms with E-state index in [0.29, 0.717) is 18.0 Å². The molecule has 26 heavy (non-hydrogen) atoms. The molecule has 3 aromatic rings. The summed E-state index contributed by atoms with van der Waals surface area (Å²) in [6.45, 7) is 8.63. The van der Waals surface area contributed by atoms with Gasteiger partial charge < -0.3 is 9.73 Å². The van der Waals surface area contributed by atoms with Gasteiger partial charge in [-0.2, -0.15) is 5.10 Å². The largest absolute Gasteiger partial charge is 0.467 e. The SMILES string of the molecule is Cc1ccccc1-n1nc(CC(C)C)c(C(=O)NCc2ccco2)c1C. The third-order valence-electron chi connectivity index (χ3n) is 4.36. The van der Waals surface area contributed by atoms with E-state index in [2.05, 4.69) is 32.2 Å². The number of para-hydroxylation sites is 1. The molecule has 0 bridgehead atoms. The zero-order valence-electron chi connectivity index (χ0n) is 15.7. The molecule has 0 aliphatic carbocycles. The van der Waals surface area contributed by atoms with Crippen molar-refractivity contribution in [1.29, 1.82) is 0 Å². The van der Waals surface area contributed by atoms with Crippen molar-refractivity contribution in [2.24, 2.45) is 5.92 Å². The number of hydrogen-bond donors (Lipinski definition) is 1. The number of benzene rings is 1. The van der Waals surface area contributed by atoms with Crippen LogP contribution in [0.2, 0.25) is 0 Å². The minimum atomic E-state index is -0.116. The van der Waals surface area contributed by atoms with Gasteiger partial charge in [-0.05, 0) is 49.9 Å². The highest BCUT2D eigenvalue weighted by Crippen LogP contribution is 2.23. The normalized spacial score (nSPS) is 11.1. The molecule has 0 unspecified atom stereocenters. The van der Waals surface area contributed by atoms with Gasteiger partial charge in [-0.3, -0.25) is 4.79 Å². The second-order valence-electron chi connectivity index (χ2n) is 6.97. The Morgan fingerprint density at radius 3 is 2.62 bits per heavy atom. The second-order valence-corrected chi connectivity index (χ2v) is 6.97. The van der Waals surface area contributed by atoms with Crippen molar-refractivity contribution in [3.05, 3.63) is 70.9 Å². The lowest BCUT2D eigenvalue weighted by atomic mass is 10.0. The molecule has 0 aliphatic rings. The van der Waals surface area contributed by atoms with Crippen LogP contribution < -0.4 is 5.32 Å². The van der Waals surface area contributed by atoms with E-state index in [1.165, 1.54) is 0 Å². The highest BCUT2D eigenvalue weighted by atomic mass is 16.3. The van der Waals surface area contributed by atoms with Gasteiger partial charge in [-0.1, -0.05) is 32.0 Å². The van der Waals surface area contributed by atoms with E-state index in [9.17, 15) is 4.79 Å². The predicted octanol–water partition coefficient (Wildman–Crippen LogP) is 4.21. The quantitative estimate of drug-likeness (QED) is 0.724. The van der Waals surface area contributed by atoms with Crippen LogP contribution in [0.15, 0.2) is 47.1 Å². The summed E-state index contributed by atoms with van der Waals surface area (Å²) >= 11 is 0. The summed E-state index contributed by atoms with van der Waals surface area (Å²) in [5, 5.41) is 7.73. The van der Waals surface area contributed by atoms with Gasteiger partial charge in [0.05, 0.1) is 35.4 Å². The number of nitrogens with zero attached hydrogens (tertiary/aromatic N) is 2. The van der Waals surface area contributed by atoms with Crippen LogP contribution in [0.4, 0.5) is 0 Å². The molecule has 5 nitrogen and oxygen atoms in total. The van der Waals surface area contributed by atoms with Crippen molar-refractivity contribution in [2.45, 2.75) is 40.7 Å². The van der Waals surface area contributed by atoms with Crippen LogP contribution in [0.3, 0.4) is 0 Å². The van der Waals surface area contributed by atoms with Gasteiger partial charge in [0.1, 0.15) is 5.76 Å². The first-order valence-corrected chi connectivity index (χ1v) is 8.92. The number of hydrogen-bond acceptors (Lipinski definition) is 3. The molecule has 0 radical (unpaired) electrons. The Kier molecular flexibility index (Phi) is 5.26. The van der Waals surface area contributed by atoms with Crippen molar-refractivity contribution in [1.82, 2.24) is 15.1 Å². The van der Waals surface area contributed by atoms with E-state index in [4.69, 9.17) is 9.52 Å². The molecule has 0 aliphatic heterocycles. The van der Waals surface area contributed by atoms with Gasteiger partial charge in [0.2, 0.25) is 0 Å². The van der Waals surface area contributed by atoms with Crippen molar-refractivity contribution >= 4 is 5.91 Å². The molecule has 136 valence electrons. The van der Waals surface area contributed by atoms with Gasteiger partial charge >= 0.3 is 0 Å². The zero-order chi connectivity index (χ0) is 18.7. The van der Waals surface area contributed by atoms with Crippen LogP contribution >= 0.6 is 0 Å². The summed E-state index contributed by atoms with van der Waals surface area (Å²) in [4.78, 5) is 12.9. The Morgan fingerprint density at radius 1 is 1.19 bits per heavy atom. The first-order valence-electron chi connectivity index (χ1n) is 8.92. The maximum atomic E-state index is 12.9. The Morgan fingerprint density at radius 2 is 1.96 bits per heavy atom. The van der Waals surface area contributed by atoms with E-state index in [-0.39, 0.29) is 5.91 Å². The molecular weight excluding hydrogens is 326 g/mol. The molecule has 1 N–H and O–H groups in total. The first-order chi connectivity index (χ1) is 12.5. The summed E-state index contributed by atoms with van der Waals surface area (Å²) < 4.78 is 7.18. The number of nitrogens with one attached hydrogen (secondary N) is 1. The predicted molar refractivity (Wildman–Crippen MR) is 101 cm³/mol. The molecule has 3 rings (SSSR count). The highest BCUT2D eigenvalue weighted by Gasteiger charge is 2.23. The lowest BCUT2D eigenvalue weighted by Crippen LogP contribution is -2.24. The summed E-state index contributed by atoms with van der Waals surface area (Å²) in [5.41, 5.74) is 4.47. The topological polar surface area (TPSA) is 60.1 Å². The minimum Gasteiger partial charge on any atom is -0.467 e. The smallest absolute Gasteiger partial charge is 0.255 e. The number of amides is 1. The standard InChI is InChI=1S/C21H25N3O2/c1-14(2)12-18-20(21(25)22-13-17-9-7-11-26-17)16(4)24(23-18)19-10-6-5-8-15(19)3/h5-11,14H,12-13H2,1-4H3,(H,22,25). The molecule has 0 saturated heterocycles.